The van der Waals surface area contributed by atoms with Gasteiger partial charge in [0.05, 0.1) is 5.56 Å². The summed E-state index contributed by atoms with van der Waals surface area (Å²) >= 11 is 0. The van der Waals surface area contributed by atoms with Crippen molar-refractivity contribution in [3.8, 4) is 16.9 Å². The van der Waals surface area contributed by atoms with Gasteiger partial charge in [-0.3, -0.25) is 0 Å². The number of benzene rings is 3. The lowest BCUT2D eigenvalue weighted by Crippen LogP contribution is -2.42. The predicted octanol–water partition coefficient (Wildman–Crippen LogP) is 5.55. The van der Waals surface area contributed by atoms with Gasteiger partial charge in [0.2, 0.25) is 0 Å². The van der Waals surface area contributed by atoms with E-state index in [1.54, 1.807) is 24.3 Å². The molecule has 0 saturated carbocycles. The molecule has 1 aliphatic rings. The van der Waals surface area contributed by atoms with Gasteiger partial charge in [0.25, 0.3) is 0 Å². The van der Waals surface area contributed by atoms with Crippen molar-refractivity contribution in [2.45, 2.75) is 24.8 Å². The number of esters is 1. The van der Waals surface area contributed by atoms with Crippen LogP contribution in [-0.2, 0) is 4.74 Å². The first-order valence-electron chi connectivity index (χ1n) is 10.3. The van der Waals surface area contributed by atoms with Crippen LogP contribution in [0.3, 0.4) is 0 Å². The number of nitrogens with one attached hydrogen (secondary N) is 1. The van der Waals surface area contributed by atoms with Crippen LogP contribution in [0.4, 0.5) is 13.2 Å². The number of alkyl halides is 3. The fraction of sp³-hybridized carbons (Fsp3) is 0.240. The van der Waals surface area contributed by atoms with Crippen LogP contribution in [0.15, 0.2) is 78.9 Å². The summed E-state index contributed by atoms with van der Waals surface area (Å²) in [5, 5.41) is 3.28. The van der Waals surface area contributed by atoms with Crippen molar-refractivity contribution in [3.63, 3.8) is 0 Å². The number of halogens is 3. The number of rotatable bonds is 5. The van der Waals surface area contributed by atoms with E-state index in [0.717, 1.165) is 24.1 Å². The molecule has 0 aromatic heterocycles. The molecule has 3 aromatic rings. The third-order valence-electron chi connectivity index (χ3n) is 5.45. The molecule has 1 fully saturated rings. The lowest BCUT2D eigenvalue weighted by molar-refractivity contribution is -0.274. The summed E-state index contributed by atoms with van der Waals surface area (Å²) in [6, 6.07) is 22.4. The van der Waals surface area contributed by atoms with E-state index in [-0.39, 0.29) is 17.8 Å². The number of carbonyl (C=O) groups is 1. The molecule has 1 saturated heterocycles. The van der Waals surface area contributed by atoms with Gasteiger partial charge >= 0.3 is 12.3 Å². The highest BCUT2D eigenvalue weighted by Gasteiger charge is 2.31. The van der Waals surface area contributed by atoms with Crippen LogP contribution >= 0.6 is 0 Å². The number of hydrogen-bond donors (Lipinski definition) is 1. The Bertz CT molecular complexity index is 1030. The summed E-state index contributed by atoms with van der Waals surface area (Å²) in [7, 11) is 0. The molecule has 0 radical (unpaired) electrons. The van der Waals surface area contributed by atoms with Crippen molar-refractivity contribution >= 4 is 5.97 Å². The van der Waals surface area contributed by atoms with Crippen LogP contribution in [0, 0.1) is 0 Å². The van der Waals surface area contributed by atoms with Crippen LogP contribution in [0.2, 0.25) is 0 Å². The first-order chi connectivity index (χ1) is 15.4. The molecular weight excluding hydrogens is 419 g/mol. The molecule has 32 heavy (non-hydrogen) atoms. The Morgan fingerprint density at radius 1 is 0.875 bits per heavy atom. The number of piperidine rings is 1. The zero-order chi connectivity index (χ0) is 22.6. The van der Waals surface area contributed by atoms with Gasteiger partial charge in [-0.25, -0.2) is 4.79 Å². The second-order valence-electron chi connectivity index (χ2n) is 7.60. The van der Waals surface area contributed by atoms with E-state index in [1.165, 1.54) is 24.3 Å². The summed E-state index contributed by atoms with van der Waals surface area (Å²) in [4.78, 5) is 12.7. The van der Waals surface area contributed by atoms with E-state index < -0.39 is 12.3 Å². The molecule has 0 spiro atoms. The Balaban J connectivity index is 1.43. The Hall–Kier alpha value is -3.32. The lowest BCUT2D eigenvalue weighted by atomic mass is 9.88. The minimum absolute atomic E-state index is 0.137. The highest BCUT2D eigenvalue weighted by molar-refractivity contribution is 5.90. The van der Waals surface area contributed by atoms with Crippen molar-refractivity contribution in [3.05, 3.63) is 90.0 Å². The monoisotopic (exact) mass is 441 g/mol. The van der Waals surface area contributed by atoms with E-state index >= 15 is 0 Å². The molecule has 4 nitrogen and oxygen atoms in total. The zero-order valence-electron chi connectivity index (χ0n) is 17.1. The Kier molecular flexibility index (Phi) is 6.46. The van der Waals surface area contributed by atoms with Crippen LogP contribution < -0.4 is 10.1 Å². The fourth-order valence-corrected chi connectivity index (χ4v) is 3.89. The van der Waals surface area contributed by atoms with E-state index in [0.29, 0.717) is 17.7 Å². The average Bonchev–Trinajstić information content (AvgIpc) is 2.80. The summed E-state index contributed by atoms with van der Waals surface area (Å²) in [5.41, 5.74) is 3.05. The van der Waals surface area contributed by atoms with E-state index in [4.69, 9.17) is 4.74 Å². The first-order valence-corrected chi connectivity index (χ1v) is 10.3. The van der Waals surface area contributed by atoms with E-state index in [1.807, 2.05) is 18.2 Å². The molecule has 3 aromatic carbocycles. The van der Waals surface area contributed by atoms with Gasteiger partial charge < -0.3 is 14.8 Å². The molecule has 0 unspecified atom stereocenters. The highest BCUT2D eigenvalue weighted by atomic mass is 19.4. The third-order valence-corrected chi connectivity index (χ3v) is 5.45. The molecule has 7 heteroatoms. The van der Waals surface area contributed by atoms with Crippen molar-refractivity contribution in [1.82, 2.24) is 5.32 Å². The molecular formula is C25H22F3NO3. The fourth-order valence-electron chi connectivity index (χ4n) is 3.89. The van der Waals surface area contributed by atoms with Gasteiger partial charge in [0, 0.05) is 12.5 Å². The Morgan fingerprint density at radius 2 is 1.50 bits per heavy atom. The minimum Gasteiger partial charge on any atom is -0.457 e. The molecule has 2 atom stereocenters. The molecule has 1 heterocycles. The van der Waals surface area contributed by atoms with Crippen molar-refractivity contribution in [2.75, 3.05) is 13.1 Å². The molecule has 0 aliphatic carbocycles. The first kappa shape index (κ1) is 21.9. The summed E-state index contributed by atoms with van der Waals surface area (Å²) < 4.78 is 46.6. The highest BCUT2D eigenvalue weighted by Crippen LogP contribution is 2.29. The number of hydrogen-bond acceptors (Lipinski definition) is 4. The van der Waals surface area contributed by atoms with E-state index in [2.05, 4.69) is 22.2 Å². The molecule has 0 bridgehead atoms. The maximum absolute atomic E-state index is 12.7. The molecule has 166 valence electrons. The molecule has 1 N–H and O–H groups in total. The summed E-state index contributed by atoms with van der Waals surface area (Å²) in [6.45, 7) is 1.46. The lowest BCUT2D eigenvalue weighted by Gasteiger charge is -2.32. The minimum atomic E-state index is -4.73. The maximum Gasteiger partial charge on any atom is 0.573 e. The van der Waals surface area contributed by atoms with Crippen molar-refractivity contribution < 1.29 is 27.4 Å². The number of carbonyl (C=O) groups excluding carboxylic acids is 1. The molecule has 0 amide bonds. The summed E-state index contributed by atoms with van der Waals surface area (Å²) in [5.74, 6) is -0.547. The zero-order valence-corrected chi connectivity index (χ0v) is 17.1. The smallest absolute Gasteiger partial charge is 0.457 e. The third kappa shape index (κ3) is 5.48. The van der Waals surface area contributed by atoms with Gasteiger partial charge in [-0.05, 0) is 53.9 Å². The van der Waals surface area contributed by atoms with Crippen molar-refractivity contribution in [1.29, 1.82) is 0 Å². The number of ether oxygens (including phenoxy) is 2. The van der Waals surface area contributed by atoms with Gasteiger partial charge in [0.1, 0.15) is 11.9 Å². The Labute approximate surface area is 184 Å². The van der Waals surface area contributed by atoms with Crippen LogP contribution in [0.1, 0.15) is 28.3 Å². The average molecular weight is 441 g/mol. The van der Waals surface area contributed by atoms with Gasteiger partial charge in [-0.1, -0.05) is 54.6 Å². The second-order valence-corrected chi connectivity index (χ2v) is 7.60. The Morgan fingerprint density at radius 3 is 2.12 bits per heavy atom. The second kappa shape index (κ2) is 9.44. The SMILES string of the molecule is O=C(O[C@@H]1CNCC[C@H]1c1ccccc1)c1ccc(-c2ccc(OC(F)(F)F)cc2)cc1. The normalized spacial score (nSPS) is 18.7. The van der Waals surface area contributed by atoms with Gasteiger partial charge in [0.15, 0.2) is 0 Å². The summed E-state index contributed by atoms with van der Waals surface area (Å²) in [6.07, 6.45) is -4.11. The standard InChI is InChI=1S/C25H22F3NO3/c26-25(27,28)32-21-12-10-18(11-13-21)17-6-8-20(9-7-17)24(30)31-23-16-29-15-14-22(23)19-4-2-1-3-5-19/h1-13,22-23,29H,14-16H2/t22-,23+/m0/s1. The van der Waals surface area contributed by atoms with Crippen LogP contribution in [-0.4, -0.2) is 31.5 Å². The van der Waals surface area contributed by atoms with Crippen LogP contribution in [0.25, 0.3) is 11.1 Å². The van der Waals surface area contributed by atoms with Crippen molar-refractivity contribution in [2.24, 2.45) is 0 Å². The quantitative estimate of drug-likeness (QED) is 0.527. The maximum atomic E-state index is 12.7. The largest absolute Gasteiger partial charge is 0.573 e. The molecule has 1 aliphatic heterocycles. The predicted molar refractivity (Wildman–Crippen MR) is 114 cm³/mol. The van der Waals surface area contributed by atoms with E-state index in [9.17, 15) is 18.0 Å². The van der Waals surface area contributed by atoms with Gasteiger partial charge in [-0.15, -0.1) is 13.2 Å². The van der Waals surface area contributed by atoms with Gasteiger partial charge in [-0.2, -0.15) is 0 Å². The molecule has 4 rings (SSSR count). The van der Waals surface area contributed by atoms with Crippen LogP contribution in [0.5, 0.6) is 5.75 Å². The topological polar surface area (TPSA) is 47.6 Å².